The molecule has 0 fully saturated rings. The molecule has 0 saturated heterocycles. The van der Waals surface area contributed by atoms with E-state index in [1.165, 1.54) is 0 Å². The summed E-state index contributed by atoms with van der Waals surface area (Å²) in [5.74, 6) is 0. The summed E-state index contributed by atoms with van der Waals surface area (Å²) in [5.41, 5.74) is 1.82. The van der Waals surface area contributed by atoms with Crippen LogP contribution >= 0.6 is 46.4 Å². The summed E-state index contributed by atoms with van der Waals surface area (Å²) in [5, 5.41) is 5.66. The van der Waals surface area contributed by atoms with Crippen LogP contribution < -0.4 is 5.32 Å². The lowest BCUT2D eigenvalue weighted by Crippen LogP contribution is -2.19. The molecule has 0 amide bonds. The molecular weight excluding hydrogens is 336 g/mol. The van der Waals surface area contributed by atoms with Gasteiger partial charge < -0.3 is 5.32 Å². The first-order valence-electron chi connectivity index (χ1n) is 6.11. The fraction of sp³-hybridized carbons (Fsp3) is 0.200. The summed E-state index contributed by atoms with van der Waals surface area (Å²) < 4.78 is 0. The molecule has 1 N–H and O–H groups in total. The minimum absolute atomic E-state index is 0.0785. The van der Waals surface area contributed by atoms with Crippen LogP contribution in [0.1, 0.15) is 24.1 Å². The van der Waals surface area contributed by atoms with Gasteiger partial charge in [0.05, 0.1) is 10.0 Å². The van der Waals surface area contributed by atoms with Crippen LogP contribution in [0.4, 0.5) is 0 Å². The summed E-state index contributed by atoms with van der Waals surface area (Å²) in [6, 6.07) is 11.2. The molecule has 1 nitrogen and oxygen atoms in total. The molecule has 2 aromatic carbocycles. The van der Waals surface area contributed by atoms with Crippen molar-refractivity contribution in [1.82, 2.24) is 5.32 Å². The molecule has 0 aliphatic rings. The Balaban J connectivity index is 2.14. The van der Waals surface area contributed by atoms with Gasteiger partial charge in [-0.3, -0.25) is 0 Å². The molecule has 0 aliphatic heterocycles. The maximum absolute atomic E-state index is 6.18. The number of nitrogens with one attached hydrogen (secondary N) is 1. The van der Waals surface area contributed by atoms with Gasteiger partial charge in [-0.25, -0.2) is 0 Å². The first-order chi connectivity index (χ1) is 9.50. The summed E-state index contributed by atoms with van der Waals surface area (Å²) in [6.07, 6.45) is 0. The molecule has 106 valence electrons. The lowest BCUT2D eigenvalue weighted by Gasteiger charge is -2.17. The van der Waals surface area contributed by atoms with Crippen molar-refractivity contribution in [3.8, 4) is 0 Å². The predicted molar refractivity (Wildman–Crippen MR) is 88.2 cm³/mol. The number of hydrogen-bond acceptors (Lipinski definition) is 1. The first-order valence-corrected chi connectivity index (χ1v) is 7.62. The van der Waals surface area contributed by atoms with E-state index in [0.29, 0.717) is 21.6 Å². The zero-order valence-electron chi connectivity index (χ0n) is 10.8. The molecule has 0 aliphatic carbocycles. The highest BCUT2D eigenvalue weighted by Gasteiger charge is 2.13. The second-order valence-corrected chi connectivity index (χ2v) is 6.05. The molecule has 0 unspecified atom stereocenters. The summed E-state index contributed by atoms with van der Waals surface area (Å²) >= 11 is 24.5. The average molecular weight is 349 g/mol. The monoisotopic (exact) mass is 347 g/mol. The Bertz CT molecular complexity index is 613. The van der Waals surface area contributed by atoms with Crippen molar-refractivity contribution in [2.24, 2.45) is 0 Å². The van der Waals surface area contributed by atoms with Gasteiger partial charge in [0.2, 0.25) is 0 Å². The third-order valence-corrected chi connectivity index (χ3v) is 4.64. The van der Waals surface area contributed by atoms with E-state index >= 15 is 0 Å². The number of benzene rings is 2. The second-order valence-electron chi connectivity index (χ2n) is 4.45. The van der Waals surface area contributed by atoms with E-state index in [0.717, 1.165) is 16.1 Å². The van der Waals surface area contributed by atoms with Gasteiger partial charge in [-0.05, 0) is 30.7 Å². The van der Waals surface area contributed by atoms with Crippen molar-refractivity contribution >= 4 is 46.4 Å². The minimum atomic E-state index is 0.0785. The standard InChI is InChI=1S/C15H13Cl4N/c1-9(10-4-2-3-5-12(10)16)20-8-11-13(17)6-7-14(18)15(11)19/h2-7,9,20H,8H2,1H3/t9-/m0/s1. The van der Waals surface area contributed by atoms with Gasteiger partial charge in [-0.1, -0.05) is 64.6 Å². The molecule has 0 aromatic heterocycles. The summed E-state index contributed by atoms with van der Waals surface area (Å²) in [7, 11) is 0. The SMILES string of the molecule is C[C@H](NCc1c(Cl)ccc(Cl)c1Cl)c1ccccc1Cl. The highest BCUT2D eigenvalue weighted by atomic mass is 35.5. The molecule has 5 heteroatoms. The fourth-order valence-corrected chi connectivity index (χ4v) is 2.90. The van der Waals surface area contributed by atoms with Gasteiger partial charge in [0, 0.05) is 28.2 Å². The van der Waals surface area contributed by atoms with Gasteiger partial charge in [-0.2, -0.15) is 0 Å². The van der Waals surface area contributed by atoms with Crippen LogP contribution in [-0.2, 0) is 6.54 Å². The van der Waals surface area contributed by atoms with Crippen molar-refractivity contribution in [3.05, 3.63) is 67.6 Å². The molecule has 0 saturated carbocycles. The molecule has 0 spiro atoms. The van der Waals surface area contributed by atoms with Crippen LogP contribution in [0.25, 0.3) is 0 Å². The molecule has 20 heavy (non-hydrogen) atoms. The predicted octanol–water partition coefficient (Wildman–Crippen LogP) is 6.15. The van der Waals surface area contributed by atoms with Gasteiger partial charge >= 0.3 is 0 Å². The van der Waals surface area contributed by atoms with Crippen molar-refractivity contribution in [2.75, 3.05) is 0 Å². The van der Waals surface area contributed by atoms with E-state index in [9.17, 15) is 0 Å². The van der Waals surface area contributed by atoms with Gasteiger partial charge in [0.25, 0.3) is 0 Å². The van der Waals surface area contributed by atoms with Crippen LogP contribution in [0.5, 0.6) is 0 Å². The quantitative estimate of drug-likeness (QED) is 0.653. The topological polar surface area (TPSA) is 12.0 Å². The Morgan fingerprint density at radius 1 is 0.900 bits per heavy atom. The molecular formula is C15H13Cl4N. The second kappa shape index (κ2) is 7.02. The summed E-state index contributed by atoms with van der Waals surface area (Å²) in [6.45, 7) is 2.55. The van der Waals surface area contributed by atoms with Gasteiger partial charge in [0.15, 0.2) is 0 Å². The van der Waals surface area contributed by atoms with Crippen LogP contribution in [0, 0.1) is 0 Å². The molecule has 1 atom stereocenters. The van der Waals surface area contributed by atoms with Crippen LogP contribution in [0.2, 0.25) is 20.1 Å². The number of rotatable bonds is 4. The largest absolute Gasteiger partial charge is 0.306 e. The third-order valence-electron chi connectivity index (χ3n) is 3.10. The van der Waals surface area contributed by atoms with E-state index in [2.05, 4.69) is 5.32 Å². The van der Waals surface area contributed by atoms with E-state index in [1.54, 1.807) is 12.1 Å². The number of hydrogen-bond donors (Lipinski definition) is 1. The van der Waals surface area contributed by atoms with Crippen LogP contribution in [-0.4, -0.2) is 0 Å². The summed E-state index contributed by atoms with van der Waals surface area (Å²) in [4.78, 5) is 0. The van der Waals surface area contributed by atoms with E-state index < -0.39 is 0 Å². The Morgan fingerprint density at radius 2 is 1.55 bits per heavy atom. The number of halogens is 4. The van der Waals surface area contributed by atoms with Crippen molar-refractivity contribution in [3.63, 3.8) is 0 Å². The van der Waals surface area contributed by atoms with Crippen molar-refractivity contribution in [1.29, 1.82) is 0 Å². The molecule has 0 bridgehead atoms. The van der Waals surface area contributed by atoms with E-state index in [4.69, 9.17) is 46.4 Å². The van der Waals surface area contributed by atoms with Gasteiger partial charge in [0.1, 0.15) is 0 Å². The van der Waals surface area contributed by atoms with E-state index in [-0.39, 0.29) is 6.04 Å². The molecule has 2 aromatic rings. The molecule has 0 radical (unpaired) electrons. The Morgan fingerprint density at radius 3 is 2.25 bits per heavy atom. The van der Waals surface area contributed by atoms with Crippen LogP contribution in [0.15, 0.2) is 36.4 Å². The smallest absolute Gasteiger partial charge is 0.0652 e. The average Bonchev–Trinajstić information content (AvgIpc) is 2.43. The zero-order valence-corrected chi connectivity index (χ0v) is 13.8. The highest BCUT2D eigenvalue weighted by Crippen LogP contribution is 2.32. The molecule has 2 rings (SSSR count). The Labute approximate surface area is 138 Å². The van der Waals surface area contributed by atoms with Crippen molar-refractivity contribution < 1.29 is 0 Å². The van der Waals surface area contributed by atoms with E-state index in [1.807, 2.05) is 31.2 Å². The van der Waals surface area contributed by atoms with Crippen molar-refractivity contribution in [2.45, 2.75) is 19.5 Å². The highest BCUT2D eigenvalue weighted by molar-refractivity contribution is 6.44. The first kappa shape index (κ1) is 15.9. The third kappa shape index (κ3) is 3.60. The molecule has 0 heterocycles. The minimum Gasteiger partial charge on any atom is -0.306 e. The Kier molecular flexibility index (Phi) is 5.59. The van der Waals surface area contributed by atoms with Gasteiger partial charge in [-0.15, -0.1) is 0 Å². The lowest BCUT2D eigenvalue weighted by molar-refractivity contribution is 0.575. The lowest BCUT2D eigenvalue weighted by atomic mass is 10.1. The maximum Gasteiger partial charge on any atom is 0.0652 e. The normalized spacial score (nSPS) is 12.4. The zero-order chi connectivity index (χ0) is 14.7. The Hall–Kier alpha value is -0.440. The maximum atomic E-state index is 6.18. The van der Waals surface area contributed by atoms with Crippen LogP contribution in [0.3, 0.4) is 0 Å². The fourth-order valence-electron chi connectivity index (χ4n) is 1.92.